The fraction of sp³-hybridized carbons (Fsp3) is 1.00. The molecule has 0 aromatic carbocycles. The van der Waals surface area contributed by atoms with Gasteiger partial charge in [0.25, 0.3) is 0 Å². The van der Waals surface area contributed by atoms with E-state index in [1.165, 1.54) is 44.9 Å². The molecule has 1 unspecified atom stereocenters. The van der Waals surface area contributed by atoms with Crippen LogP contribution in [-0.4, -0.2) is 23.8 Å². The predicted octanol–water partition coefficient (Wildman–Crippen LogP) is 2.71. The normalized spacial score (nSPS) is 54.2. The molecule has 2 heteroatoms. The molecular weight excluding hydrogens is 222 g/mol. The van der Waals surface area contributed by atoms with Crippen LogP contribution in [0.15, 0.2) is 0 Å². The van der Waals surface area contributed by atoms with Crippen LogP contribution in [-0.2, 0) is 0 Å². The number of β-amino-alcohol motifs (C(OH)–C–C–N with tert-alkyl or cyclic N) is 1. The van der Waals surface area contributed by atoms with Gasteiger partial charge in [0.2, 0.25) is 0 Å². The van der Waals surface area contributed by atoms with Crippen LogP contribution in [0.5, 0.6) is 0 Å². The molecule has 4 saturated carbocycles. The summed E-state index contributed by atoms with van der Waals surface area (Å²) in [7, 11) is 0. The molecule has 1 saturated heterocycles. The minimum absolute atomic E-state index is 0.372. The standard InChI is InChI=1S/C16H27NO/c18-16(3-4-17-11-16)2-1-15-8-12-5-13(9-15)7-14(6-12)10-15/h12-14,17-18H,1-11H2. The summed E-state index contributed by atoms with van der Waals surface area (Å²) >= 11 is 0. The summed E-state index contributed by atoms with van der Waals surface area (Å²) in [5.41, 5.74) is 0.274. The zero-order valence-corrected chi connectivity index (χ0v) is 11.5. The molecule has 18 heavy (non-hydrogen) atoms. The van der Waals surface area contributed by atoms with E-state index < -0.39 is 0 Å². The summed E-state index contributed by atoms with van der Waals surface area (Å²) in [6.45, 7) is 1.84. The second-order valence-electron chi connectivity index (χ2n) is 8.07. The van der Waals surface area contributed by atoms with Gasteiger partial charge in [-0.25, -0.2) is 0 Å². The van der Waals surface area contributed by atoms with Gasteiger partial charge >= 0.3 is 0 Å². The summed E-state index contributed by atoms with van der Waals surface area (Å²) < 4.78 is 0. The molecule has 1 aliphatic heterocycles. The van der Waals surface area contributed by atoms with Crippen LogP contribution in [0.25, 0.3) is 0 Å². The lowest BCUT2D eigenvalue weighted by molar-refractivity contribution is -0.0704. The van der Waals surface area contributed by atoms with Crippen LogP contribution in [0.4, 0.5) is 0 Å². The smallest absolute Gasteiger partial charge is 0.0783 e. The van der Waals surface area contributed by atoms with Crippen LogP contribution in [0.1, 0.15) is 57.8 Å². The second kappa shape index (κ2) is 3.96. The van der Waals surface area contributed by atoms with E-state index in [1.807, 2.05) is 0 Å². The molecule has 0 radical (unpaired) electrons. The minimum atomic E-state index is -0.372. The number of aliphatic hydroxyl groups is 1. The number of hydrogen-bond donors (Lipinski definition) is 2. The lowest BCUT2D eigenvalue weighted by Crippen LogP contribution is -2.47. The highest BCUT2D eigenvalue weighted by Gasteiger charge is 2.51. The van der Waals surface area contributed by atoms with Crippen molar-refractivity contribution in [2.24, 2.45) is 23.2 Å². The fourth-order valence-electron chi connectivity index (χ4n) is 6.04. The van der Waals surface area contributed by atoms with Crippen LogP contribution >= 0.6 is 0 Å². The zero-order chi connectivity index (χ0) is 12.2. The van der Waals surface area contributed by atoms with Crippen molar-refractivity contribution >= 4 is 0 Å². The van der Waals surface area contributed by atoms with Gasteiger partial charge in [-0.2, -0.15) is 0 Å². The molecule has 0 aromatic heterocycles. The average Bonchev–Trinajstić information content (AvgIpc) is 2.73. The topological polar surface area (TPSA) is 32.3 Å². The van der Waals surface area contributed by atoms with E-state index in [-0.39, 0.29) is 5.60 Å². The lowest BCUT2D eigenvalue weighted by Gasteiger charge is -2.57. The molecule has 1 heterocycles. The van der Waals surface area contributed by atoms with Crippen molar-refractivity contribution in [2.45, 2.75) is 63.4 Å². The third-order valence-electron chi connectivity index (χ3n) is 6.51. The Hall–Kier alpha value is -0.0800. The van der Waals surface area contributed by atoms with Gasteiger partial charge in [0.15, 0.2) is 0 Å². The van der Waals surface area contributed by atoms with Crippen molar-refractivity contribution in [3.05, 3.63) is 0 Å². The van der Waals surface area contributed by atoms with E-state index in [0.717, 1.165) is 43.7 Å². The Balaban J connectivity index is 1.44. The molecule has 5 aliphatic rings. The molecule has 5 fully saturated rings. The highest BCUT2D eigenvalue weighted by atomic mass is 16.3. The highest BCUT2D eigenvalue weighted by Crippen LogP contribution is 2.61. The Bertz CT molecular complexity index is 297. The monoisotopic (exact) mass is 249 g/mol. The maximum Gasteiger partial charge on any atom is 0.0783 e. The third-order valence-corrected chi connectivity index (χ3v) is 6.51. The minimum Gasteiger partial charge on any atom is -0.389 e. The van der Waals surface area contributed by atoms with Crippen molar-refractivity contribution in [1.82, 2.24) is 5.32 Å². The van der Waals surface area contributed by atoms with Gasteiger partial charge in [0.1, 0.15) is 0 Å². The largest absolute Gasteiger partial charge is 0.389 e. The number of hydrogen-bond acceptors (Lipinski definition) is 2. The van der Waals surface area contributed by atoms with Gasteiger partial charge in [0.05, 0.1) is 5.60 Å². The van der Waals surface area contributed by atoms with E-state index in [2.05, 4.69) is 5.32 Å². The van der Waals surface area contributed by atoms with Gasteiger partial charge in [-0.15, -0.1) is 0 Å². The molecule has 2 nitrogen and oxygen atoms in total. The molecule has 0 spiro atoms. The first-order valence-corrected chi connectivity index (χ1v) is 8.08. The highest BCUT2D eigenvalue weighted by molar-refractivity contribution is 5.02. The summed E-state index contributed by atoms with van der Waals surface area (Å²) in [5, 5.41) is 13.9. The van der Waals surface area contributed by atoms with Crippen LogP contribution in [0.2, 0.25) is 0 Å². The summed E-state index contributed by atoms with van der Waals surface area (Å²) in [6, 6.07) is 0. The van der Waals surface area contributed by atoms with Gasteiger partial charge < -0.3 is 10.4 Å². The average molecular weight is 249 g/mol. The Morgan fingerprint density at radius 1 is 0.944 bits per heavy atom. The van der Waals surface area contributed by atoms with E-state index in [9.17, 15) is 5.11 Å². The van der Waals surface area contributed by atoms with Gasteiger partial charge in [-0.1, -0.05) is 0 Å². The molecule has 0 aromatic rings. The van der Waals surface area contributed by atoms with Crippen molar-refractivity contribution in [1.29, 1.82) is 0 Å². The Morgan fingerprint density at radius 3 is 2.06 bits per heavy atom. The number of rotatable bonds is 3. The van der Waals surface area contributed by atoms with Crippen molar-refractivity contribution in [3.8, 4) is 0 Å². The molecular formula is C16H27NO. The molecule has 4 aliphatic carbocycles. The van der Waals surface area contributed by atoms with Crippen molar-refractivity contribution in [2.75, 3.05) is 13.1 Å². The maximum atomic E-state index is 10.5. The summed E-state index contributed by atoms with van der Waals surface area (Å²) in [4.78, 5) is 0. The Labute approximate surface area is 111 Å². The third kappa shape index (κ3) is 1.92. The molecule has 5 rings (SSSR count). The van der Waals surface area contributed by atoms with Crippen LogP contribution in [0, 0.1) is 23.2 Å². The van der Waals surface area contributed by atoms with E-state index >= 15 is 0 Å². The Kier molecular flexibility index (Phi) is 2.58. The van der Waals surface area contributed by atoms with E-state index in [0.29, 0.717) is 5.41 Å². The van der Waals surface area contributed by atoms with E-state index in [4.69, 9.17) is 0 Å². The molecule has 4 bridgehead atoms. The summed E-state index contributed by atoms with van der Waals surface area (Å²) in [6.07, 6.45) is 12.4. The first-order chi connectivity index (χ1) is 8.65. The Morgan fingerprint density at radius 2 is 1.56 bits per heavy atom. The first kappa shape index (κ1) is 11.7. The fourth-order valence-corrected chi connectivity index (χ4v) is 6.04. The second-order valence-corrected chi connectivity index (χ2v) is 8.07. The molecule has 2 N–H and O–H groups in total. The number of nitrogens with one attached hydrogen (secondary N) is 1. The van der Waals surface area contributed by atoms with Crippen LogP contribution < -0.4 is 5.32 Å². The maximum absolute atomic E-state index is 10.5. The molecule has 102 valence electrons. The SMILES string of the molecule is OC1(CCC23CC4CC(CC(C4)C2)C3)CCNC1. The van der Waals surface area contributed by atoms with Gasteiger partial charge in [-0.3, -0.25) is 0 Å². The first-order valence-electron chi connectivity index (χ1n) is 8.08. The molecule has 1 atom stereocenters. The molecule has 0 amide bonds. The predicted molar refractivity (Wildman–Crippen MR) is 72.3 cm³/mol. The summed E-state index contributed by atoms with van der Waals surface area (Å²) in [5.74, 6) is 3.15. The zero-order valence-electron chi connectivity index (χ0n) is 11.5. The van der Waals surface area contributed by atoms with Crippen molar-refractivity contribution < 1.29 is 5.11 Å². The van der Waals surface area contributed by atoms with Crippen molar-refractivity contribution in [3.63, 3.8) is 0 Å². The quantitative estimate of drug-likeness (QED) is 0.806. The van der Waals surface area contributed by atoms with E-state index in [1.54, 1.807) is 0 Å². The van der Waals surface area contributed by atoms with Crippen LogP contribution in [0.3, 0.4) is 0 Å². The van der Waals surface area contributed by atoms with Gasteiger partial charge in [0, 0.05) is 6.54 Å². The lowest BCUT2D eigenvalue weighted by atomic mass is 9.48. The van der Waals surface area contributed by atoms with Gasteiger partial charge in [-0.05, 0) is 87.5 Å².